The van der Waals surface area contributed by atoms with E-state index in [1.807, 2.05) is 26.2 Å². The van der Waals surface area contributed by atoms with Gasteiger partial charge in [-0.25, -0.2) is 5.84 Å². The van der Waals surface area contributed by atoms with Crippen molar-refractivity contribution >= 4 is 23.5 Å². The Morgan fingerprint density at radius 2 is 1.70 bits per heavy atom. The predicted octanol–water partition coefficient (Wildman–Crippen LogP) is 1.53. The van der Waals surface area contributed by atoms with E-state index in [1.165, 1.54) is 5.56 Å². The molecule has 4 N–H and O–H groups in total. The predicted molar refractivity (Wildman–Crippen MR) is 81.1 cm³/mol. The maximum atomic E-state index is 5.37. The Hall–Kier alpha value is -2.41. The summed E-state index contributed by atoms with van der Waals surface area (Å²) >= 11 is 0. The van der Waals surface area contributed by atoms with E-state index in [0.29, 0.717) is 17.8 Å². The summed E-state index contributed by atoms with van der Waals surface area (Å²) in [5, 5.41) is 3.14. The van der Waals surface area contributed by atoms with Crippen LogP contribution >= 0.6 is 0 Å². The highest BCUT2D eigenvalue weighted by molar-refractivity contribution is 5.56. The van der Waals surface area contributed by atoms with Crippen LogP contribution in [-0.4, -0.2) is 29.0 Å². The molecule has 0 bridgehead atoms. The number of aromatic nitrogens is 3. The molecule has 20 heavy (non-hydrogen) atoms. The summed E-state index contributed by atoms with van der Waals surface area (Å²) in [6, 6.07) is 8.12. The van der Waals surface area contributed by atoms with Crippen LogP contribution in [0.5, 0.6) is 0 Å². The Morgan fingerprint density at radius 1 is 1.05 bits per heavy atom. The van der Waals surface area contributed by atoms with Crippen LogP contribution in [0.3, 0.4) is 0 Å². The molecular weight excluding hydrogens is 254 g/mol. The molecule has 0 amide bonds. The average molecular weight is 273 g/mol. The number of hydrazine groups is 1. The normalized spacial score (nSPS) is 10.2. The van der Waals surface area contributed by atoms with Gasteiger partial charge in [0, 0.05) is 19.8 Å². The van der Waals surface area contributed by atoms with E-state index in [9.17, 15) is 0 Å². The topological polar surface area (TPSA) is 92.0 Å². The summed E-state index contributed by atoms with van der Waals surface area (Å²) in [6.07, 6.45) is 1.01. The Bertz CT molecular complexity index is 565. The first kappa shape index (κ1) is 14.0. The number of benzene rings is 1. The summed E-state index contributed by atoms with van der Waals surface area (Å²) in [4.78, 5) is 14.4. The van der Waals surface area contributed by atoms with Gasteiger partial charge in [0.25, 0.3) is 0 Å². The van der Waals surface area contributed by atoms with Crippen molar-refractivity contribution in [3.63, 3.8) is 0 Å². The number of nitrogens with one attached hydrogen (secondary N) is 2. The highest BCUT2D eigenvalue weighted by atomic mass is 15.4. The van der Waals surface area contributed by atoms with Crippen LogP contribution in [0.2, 0.25) is 0 Å². The van der Waals surface area contributed by atoms with Crippen molar-refractivity contribution in [2.45, 2.75) is 13.3 Å². The zero-order valence-electron chi connectivity index (χ0n) is 11.9. The molecule has 7 heteroatoms. The summed E-state index contributed by atoms with van der Waals surface area (Å²) in [7, 11) is 3.71. The molecule has 0 unspecified atom stereocenters. The van der Waals surface area contributed by atoms with Gasteiger partial charge in [-0.05, 0) is 24.1 Å². The molecule has 0 spiro atoms. The van der Waals surface area contributed by atoms with E-state index >= 15 is 0 Å². The molecule has 0 saturated carbocycles. The molecule has 0 aliphatic heterocycles. The highest BCUT2D eigenvalue weighted by Crippen LogP contribution is 2.17. The van der Waals surface area contributed by atoms with Crippen LogP contribution in [0.1, 0.15) is 12.5 Å². The number of hydrogen-bond donors (Lipinski definition) is 3. The van der Waals surface area contributed by atoms with Gasteiger partial charge < -0.3 is 10.2 Å². The van der Waals surface area contributed by atoms with Gasteiger partial charge in [0.15, 0.2) is 0 Å². The minimum atomic E-state index is 0.316. The maximum Gasteiger partial charge on any atom is 0.243 e. The first-order valence-electron chi connectivity index (χ1n) is 6.38. The number of nitrogens with zero attached hydrogens (tertiary/aromatic N) is 4. The molecule has 0 aliphatic carbocycles. The van der Waals surface area contributed by atoms with Crippen LogP contribution in [0.4, 0.5) is 23.5 Å². The molecule has 0 aliphatic rings. The summed E-state index contributed by atoms with van der Waals surface area (Å²) in [5.74, 6) is 6.66. The first-order valence-corrected chi connectivity index (χ1v) is 6.38. The molecule has 0 fully saturated rings. The van der Waals surface area contributed by atoms with Crippen molar-refractivity contribution < 1.29 is 0 Å². The van der Waals surface area contributed by atoms with Gasteiger partial charge in [0.1, 0.15) is 0 Å². The van der Waals surface area contributed by atoms with Crippen LogP contribution in [-0.2, 0) is 6.42 Å². The van der Waals surface area contributed by atoms with Crippen LogP contribution in [0, 0.1) is 0 Å². The monoisotopic (exact) mass is 273 g/mol. The second-order valence-electron chi connectivity index (χ2n) is 4.50. The van der Waals surface area contributed by atoms with E-state index in [2.05, 4.69) is 44.8 Å². The third-order valence-electron chi connectivity index (χ3n) is 2.77. The van der Waals surface area contributed by atoms with E-state index in [1.54, 1.807) is 4.90 Å². The Labute approximate surface area is 118 Å². The molecule has 0 saturated heterocycles. The first-order chi connectivity index (χ1) is 9.62. The van der Waals surface area contributed by atoms with Crippen LogP contribution in [0.15, 0.2) is 24.3 Å². The van der Waals surface area contributed by atoms with Crippen LogP contribution in [0.25, 0.3) is 0 Å². The number of nitrogen functional groups attached to an aromatic ring is 1. The fraction of sp³-hybridized carbons (Fsp3) is 0.308. The minimum absolute atomic E-state index is 0.316. The van der Waals surface area contributed by atoms with Crippen molar-refractivity contribution in [1.29, 1.82) is 0 Å². The van der Waals surface area contributed by atoms with Gasteiger partial charge in [0.2, 0.25) is 17.8 Å². The highest BCUT2D eigenvalue weighted by Gasteiger charge is 2.07. The van der Waals surface area contributed by atoms with Crippen molar-refractivity contribution in [3.8, 4) is 0 Å². The Kier molecular flexibility index (Phi) is 4.31. The van der Waals surface area contributed by atoms with Crippen molar-refractivity contribution in [2.24, 2.45) is 5.84 Å². The third-order valence-corrected chi connectivity index (χ3v) is 2.77. The molecule has 2 rings (SSSR count). The number of nitrogens with two attached hydrogens (primary N) is 1. The lowest BCUT2D eigenvalue weighted by molar-refractivity contribution is 0.957. The zero-order valence-corrected chi connectivity index (χ0v) is 11.9. The standard InChI is InChI=1S/C13H19N7/c1-4-9-5-7-10(8-6-9)15-11-16-12(19-14)18-13(17-11)20(2)3/h5-8H,4,14H2,1-3H3,(H2,15,16,17,18,19). The lowest BCUT2D eigenvalue weighted by Gasteiger charge is -2.13. The summed E-state index contributed by atoms with van der Waals surface area (Å²) in [5.41, 5.74) is 4.64. The smallest absolute Gasteiger partial charge is 0.243 e. The lowest BCUT2D eigenvalue weighted by atomic mass is 10.1. The van der Waals surface area contributed by atoms with Gasteiger partial charge >= 0.3 is 0 Å². The maximum absolute atomic E-state index is 5.37. The molecule has 7 nitrogen and oxygen atoms in total. The lowest BCUT2D eigenvalue weighted by Crippen LogP contribution is -2.18. The Balaban J connectivity index is 2.24. The van der Waals surface area contributed by atoms with Crippen molar-refractivity contribution in [1.82, 2.24) is 15.0 Å². The van der Waals surface area contributed by atoms with Crippen molar-refractivity contribution in [3.05, 3.63) is 29.8 Å². The zero-order chi connectivity index (χ0) is 14.5. The largest absolute Gasteiger partial charge is 0.347 e. The number of aryl methyl sites for hydroxylation is 1. The van der Waals surface area contributed by atoms with Crippen molar-refractivity contribution in [2.75, 3.05) is 29.7 Å². The van der Waals surface area contributed by atoms with Crippen LogP contribution < -0.4 is 21.5 Å². The molecule has 2 aromatic rings. The number of anilines is 4. The molecule has 0 atom stereocenters. The minimum Gasteiger partial charge on any atom is -0.347 e. The van der Waals surface area contributed by atoms with Gasteiger partial charge in [-0.2, -0.15) is 15.0 Å². The van der Waals surface area contributed by atoms with Gasteiger partial charge in [-0.15, -0.1) is 0 Å². The summed E-state index contributed by atoms with van der Waals surface area (Å²) in [6.45, 7) is 2.12. The van der Waals surface area contributed by atoms with E-state index in [0.717, 1.165) is 12.1 Å². The van der Waals surface area contributed by atoms with Gasteiger partial charge in [0.05, 0.1) is 0 Å². The number of hydrogen-bond acceptors (Lipinski definition) is 7. The van der Waals surface area contributed by atoms with E-state index < -0.39 is 0 Å². The SMILES string of the molecule is CCc1ccc(Nc2nc(NN)nc(N(C)C)n2)cc1. The third kappa shape index (κ3) is 3.33. The fourth-order valence-corrected chi connectivity index (χ4v) is 1.64. The van der Waals surface area contributed by atoms with Gasteiger partial charge in [-0.3, -0.25) is 5.43 Å². The summed E-state index contributed by atoms with van der Waals surface area (Å²) < 4.78 is 0. The second kappa shape index (κ2) is 6.16. The molecule has 1 aromatic carbocycles. The van der Waals surface area contributed by atoms with E-state index in [-0.39, 0.29) is 0 Å². The van der Waals surface area contributed by atoms with Gasteiger partial charge in [-0.1, -0.05) is 19.1 Å². The quantitative estimate of drug-likeness (QED) is 0.562. The molecule has 1 aromatic heterocycles. The van der Waals surface area contributed by atoms with E-state index in [4.69, 9.17) is 5.84 Å². The molecule has 106 valence electrons. The molecule has 0 radical (unpaired) electrons. The fourth-order valence-electron chi connectivity index (χ4n) is 1.64. The number of rotatable bonds is 5. The second-order valence-corrected chi connectivity index (χ2v) is 4.50. The average Bonchev–Trinajstić information content (AvgIpc) is 2.47. The Morgan fingerprint density at radius 3 is 2.25 bits per heavy atom. The molecular formula is C13H19N7. The molecule has 1 heterocycles.